The monoisotopic (exact) mass is 500 g/mol. The van der Waals surface area contributed by atoms with E-state index in [1.165, 1.54) is 0 Å². The maximum Gasteiger partial charge on any atom is 0.190 e. The fourth-order valence-corrected chi connectivity index (χ4v) is 5.21. The number of aliphatic hydroxyl groups excluding tert-OH is 5. The maximum absolute atomic E-state index is 11.1. The van der Waals surface area contributed by atoms with Crippen LogP contribution in [-0.2, 0) is 18.9 Å². The van der Waals surface area contributed by atoms with Gasteiger partial charge in [-0.15, -0.1) is 0 Å². The summed E-state index contributed by atoms with van der Waals surface area (Å²) in [4.78, 5) is 0. The highest BCUT2D eigenvalue weighted by molar-refractivity contribution is 4.98. The minimum absolute atomic E-state index is 0.0702. The van der Waals surface area contributed by atoms with Crippen LogP contribution in [0, 0.1) is 0 Å². The first-order chi connectivity index (χ1) is 15.8. The Labute approximate surface area is 197 Å². The molecule has 2 heterocycles. The first-order valence-electron chi connectivity index (χ1n) is 11.8. The second-order valence-corrected chi connectivity index (χ2v) is 10.3. The molecule has 17 N–H and O–H groups in total. The van der Waals surface area contributed by atoms with Crippen LogP contribution in [0.25, 0.3) is 0 Å². The van der Waals surface area contributed by atoms with E-state index in [2.05, 4.69) is 17.2 Å². The van der Waals surface area contributed by atoms with Crippen molar-refractivity contribution in [1.29, 1.82) is 0 Å². The third-order valence-electron chi connectivity index (χ3n) is 7.22. The van der Waals surface area contributed by atoms with Crippen molar-refractivity contribution in [2.24, 2.45) is 0 Å². The van der Waals surface area contributed by atoms with Crippen molar-refractivity contribution >= 4 is 0 Å². The minimum atomic E-state index is -1.56. The summed E-state index contributed by atoms with van der Waals surface area (Å²) < 4.78 is 23.1. The van der Waals surface area contributed by atoms with E-state index in [0.29, 0.717) is 6.42 Å². The Morgan fingerprint density at radius 2 is 1.47 bits per heavy atom. The van der Waals surface area contributed by atoms with Gasteiger partial charge in [-0.25, -0.2) is 0 Å². The molecule has 15 atom stereocenters. The highest BCUT2D eigenvalue weighted by atomic mass is 16.7. The molecule has 0 aromatic carbocycles. The highest BCUT2D eigenvalue weighted by Crippen LogP contribution is 2.31. The second kappa shape index (κ2) is 10.8. The summed E-state index contributed by atoms with van der Waals surface area (Å²) in [7, 11) is 1.72. The maximum atomic E-state index is 11.1. The summed E-state index contributed by atoms with van der Waals surface area (Å²) in [5.41, 5.74) is 10.6. The molecule has 0 spiro atoms. The lowest BCUT2D eigenvalue weighted by Crippen LogP contribution is -2.96. The molecule has 1 unspecified atom stereocenters. The van der Waals surface area contributed by atoms with Crippen LogP contribution < -0.4 is 22.5 Å². The summed E-state index contributed by atoms with van der Waals surface area (Å²) in [6, 6.07) is -1.90. The van der Waals surface area contributed by atoms with Crippen molar-refractivity contribution in [3.8, 4) is 0 Å². The van der Waals surface area contributed by atoms with Crippen LogP contribution >= 0.6 is 0 Å². The molecule has 0 radical (unpaired) electrons. The number of rotatable bonds is 6. The van der Waals surface area contributed by atoms with Gasteiger partial charge in [-0.2, -0.15) is 0 Å². The van der Waals surface area contributed by atoms with E-state index in [1.54, 1.807) is 26.2 Å². The average Bonchev–Trinajstić information content (AvgIpc) is 2.75. The standard InChI is InChI=1S/C20H40N4O10/c1-6(21)14-10(26)9(25)11(27)19(32-14)34-16-8(23)4-7(22)15(12(16)28)33-18-13(29)17(24-3)20(2,30)5-31-18/h6-19,24-30H,4-5,21-23H2,1-3H3/p+4/t6?,7-,8+,9+,10+,11-,12-,13-,14-,15+,16-,17-,18-,19-,20+/m1/s1. The zero-order valence-electron chi connectivity index (χ0n) is 20.0. The highest BCUT2D eigenvalue weighted by Gasteiger charge is 2.55. The van der Waals surface area contributed by atoms with Crippen LogP contribution in [0.5, 0.6) is 0 Å². The zero-order valence-corrected chi connectivity index (χ0v) is 20.0. The van der Waals surface area contributed by atoms with E-state index in [-0.39, 0.29) is 6.61 Å². The molecule has 0 bridgehead atoms. The van der Waals surface area contributed by atoms with Gasteiger partial charge in [0.15, 0.2) is 18.7 Å². The quantitative estimate of drug-likeness (QED) is 0.165. The normalized spacial score (nSPS) is 53.5. The molecule has 200 valence electrons. The first kappa shape index (κ1) is 28.0. The smallest absolute Gasteiger partial charge is 0.190 e. The van der Waals surface area contributed by atoms with Crippen molar-refractivity contribution in [3.63, 3.8) is 0 Å². The zero-order chi connectivity index (χ0) is 25.5. The molecule has 3 rings (SSSR count). The summed E-state index contributed by atoms with van der Waals surface area (Å²) in [6.07, 6.45) is -11.7. The number of quaternary nitrogens is 4. The number of hydrogen-bond acceptors (Lipinski definition) is 10. The topological polar surface area (TPSA) is 258 Å². The SMILES string of the molecule is C[NH2+][C@@H]1[C@@H](O)[C@@H](O[C@@H]2[C@@H](O)[C@H](O[C@H]3O[C@H](C(C)[NH3+])[C@@H](O)[C@H](O)[C@H]3O)[C@@H]([NH3+])C[C@H]2[NH3+])OC[C@]1(C)O. The third-order valence-corrected chi connectivity index (χ3v) is 7.22. The van der Waals surface area contributed by atoms with Gasteiger partial charge in [-0.1, -0.05) is 0 Å². The van der Waals surface area contributed by atoms with E-state index < -0.39 is 91.2 Å². The molecular weight excluding hydrogens is 456 g/mol. The predicted octanol–water partition coefficient (Wildman–Crippen LogP) is -8.79. The second-order valence-electron chi connectivity index (χ2n) is 10.3. The Bertz CT molecular complexity index is 675. The summed E-state index contributed by atoms with van der Waals surface area (Å²) >= 11 is 0. The van der Waals surface area contributed by atoms with Gasteiger partial charge in [0.05, 0.1) is 20.1 Å². The Morgan fingerprint density at radius 1 is 0.912 bits per heavy atom. The van der Waals surface area contributed by atoms with Gasteiger partial charge in [-0.3, -0.25) is 0 Å². The molecule has 2 saturated heterocycles. The molecule has 3 aliphatic rings. The fourth-order valence-electron chi connectivity index (χ4n) is 5.21. The van der Waals surface area contributed by atoms with Crippen molar-refractivity contribution in [2.75, 3.05) is 13.7 Å². The number of aliphatic hydroxyl groups is 6. The van der Waals surface area contributed by atoms with Gasteiger partial charge < -0.3 is 72.1 Å². The lowest BCUT2D eigenvalue weighted by atomic mass is 9.84. The number of likely N-dealkylation sites (N-methyl/N-ethyl adjacent to an activating group) is 1. The molecule has 0 aromatic rings. The van der Waals surface area contributed by atoms with E-state index >= 15 is 0 Å². The Kier molecular flexibility index (Phi) is 8.92. The van der Waals surface area contributed by atoms with Gasteiger partial charge in [0.25, 0.3) is 0 Å². The summed E-state index contributed by atoms with van der Waals surface area (Å²) in [5.74, 6) is 0. The molecular formula is C20H44N4O10+4. The largest absolute Gasteiger partial charge is 0.387 e. The lowest BCUT2D eigenvalue weighted by molar-refractivity contribution is -0.695. The minimum Gasteiger partial charge on any atom is -0.387 e. The molecule has 0 amide bonds. The molecule has 2 aliphatic heterocycles. The van der Waals surface area contributed by atoms with E-state index in [4.69, 9.17) is 18.9 Å². The van der Waals surface area contributed by atoms with Crippen LogP contribution in [0.1, 0.15) is 20.3 Å². The molecule has 1 saturated carbocycles. The van der Waals surface area contributed by atoms with Gasteiger partial charge in [0.2, 0.25) is 0 Å². The van der Waals surface area contributed by atoms with Crippen LogP contribution in [0.3, 0.4) is 0 Å². The van der Waals surface area contributed by atoms with Crippen molar-refractivity contribution in [1.82, 2.24) is 0 Å². The van der Waals surface area contributed by atoms with Gasteiger partial charge in [-0.05, 0) is 13.8 Å². The van der Waals surface area contributed by atoms with Crippen molar-refractivity contribution in [3.05, 3.63) is 0 Å². The predicted molar refractivity (Wildman–Crippen MR) is 111 cm³/mol. The molecule has 3 fully saturated rings. The lowest BCUT2D eigenvalue weighted by Gasteiger charge is -2.46. The number of ether oxygens (including phenoxy) is 4. The average molecular weight is 501 g/mol. The summed E-state index contributed by atoms with van der Waals surface area (Å²) in [6.45, 7) is 3.19. The van der Waals surface area contributed by atoms with Gasteiger partial charge in [0.1, 0.15) is 72.5 Å². The van der Waals surface area contributed by atoms with Crippen LogP contribution in [0.15, 0.2) is 0 Å². The van der Waals surface area contributed by atoms with Crippen molar-refractivity contribution in [2.45, 2.75) is 111 Å². The van der Waals surface area contributed by atoms with E-state index in [9.17, 15) is 30.6 Å². The molecule has 1 aliphatic carbocycles. The van der Waals surface area contributed by atoms with Gasteiger partial charge in [0, 0.05) is 0 Å². The van der Waals surface area contributed by atoms with Crippen molar-refractivity contribution < 1.29 is 72.1 Å². The molecule has 14 nitrogen and oxygen atoms in total. The number of hydrogen-bond donors (Lipinski definition) is 10. The van der Waals surface area contributed by atoms with Crippen LogP contribution in [-0.4, -0.2) is 135 Å². The molecule has 34 heavy (non-hydrogen) atoms. The third kappa shape index (κ3) is 5.40. The van der Waals surface area contributed by atoms with E-state index in [1.807, 2.05) is 0 Å². The number of nitrogens with two attached hydrogens (primary N) is 1. The molecule has 14 heteroatoms. The first-order valence-corrected chi connectivity index (χ1v) is 11.8. The Balaban J connectivity index is 1.73. The fraction of sp³-hybridized carbons (Fsp3) is 1.00. The Morgan fingerprint density at radius 3 is 2.00 bits per heavy atom. The van der Waals surface area contributed by atoms with Crippen LogP contribution in [0.2, 0.25) is 0 Å². The van der Waals surface area contributed by atoms with Crippen LogP contribution in [0.4, 0.5) is 0 Å². The summed E-state index contributed by atoms with van der Waals surface area (Å²) in [5, 5.41) is 64.9. The van der Waals surface area contributed by atoms with E-state index in [0.717, 1.165) is 0 Å². The van der Waals surface area contributed by atoms with Gasteiger partial charge >= 0.3 is 0 Å². The molecule has 0 aromatic heterocycles. The Hall–Kier alpha value is -0.560.